The molecule has 2 fully saturated rings. The molecule has 4 aliphatic rings. The van der Waals surface area contributed by atoms with Gasteiger partial charge in [-0.2, -0.15) is 0 Å². The van der Waals surface area contributed by atoms with Gasteiger partial charge in [-0.1, -0.05) is 60.7 Å². The third-order valence-electron chi connectivity index (χ3n) is 9.32. The number of aryl methyl sites for hydroxylation is 2. The monoisotopic (exact) mass is 533 g/mol. The maximum atomic E-state index is 14.8. The SMILES string of the molecule is C=CCOc1cccc(C(=O)C2C3CCCN3C3(C(=O)Nc4c(C)cc(C)cc43)C23C(=O)Nc2ccccc23)c1. The van der Waals surface area contributed by atoms with Gasteiger partial charge in [0.15, 0.2) is 5.78 Å². The highest BCUT2D eigenvalue weighted by atomic mass is 16.5. The lowest BCUT2D eigenvalue weighted by atomic mass is 9.57. The number of nitrogens with zero attached hydrogens (tertiary/aromatic N) is 1. The molecule has 4 unspecified atom stereocenters. The normalized spacial score (nSPS) is 27.9. The summed E-state index contributed by atoms with van der Waals surface area (Å²) in [6.45, 7) is 8.63. The minimum absolute atomic E-state index is 0.157. The largest absolute Gasteiger partial charge is 0.490 e. The van der Waals surface area contributed by atoms with Gasteiger partial charge in [0.25, 0.3) is 5.91 Å². The van der Waals surface area contributed by atoms with Crippen molar-refractivity contribution < 1.29 is 19.1 Å². The van der Waals surface area contributed by atoms with E-state index in [4.69, 9.17) is 4.74 Å². The lowest BCUT2D eigenvalue weighted by Gasteiger charge is -2.43. The number of carbonyl (C=O) groups is 3. The summed E-state index contributed by atoms with van der Waals surface area (Å²) in [6, 6.07) is 18.4. The summed E-state index contributed by atoms with van der Waals surface area (Å²) in [6.07, 6.45) is 3.21. The van der Waals surface area contributed by atoms with Crippen molar-refractivity contribution in [3.63, 3.8) is 0 Å². The average molecular weight is 534 g/mol. The van der Waals surface area contributed by atoms with E-state index in [1.807, 2.05) is 50.2 Å². The molecule has 0 bridgehead atoms. The van der Waals surface area contributed by atoms with Crippen molar-refractivity contribution >= 4 is 29.0 Å². The lowest BCUT2D eigenvalue weighted by Crippen LogP contribution is -2.62. The Morgan fingerprint density at radius 1 is 1.05 bits per heavy atom. The minimum Gasteiger partial charge on any atom is -0.490 e. The van der Waals surface area contributed by atoms with E-state index in [9.17, 15) is 14.4 Å². The second-order valence-corrected chi connectivity index (χ2v) is 11.3. The smallest absolute Gasteiger partial charge is 0.251 e. The molecule has 4 atom stereocenters. The third-order valence-corrected chi connectivity index (χ3v) is 9.32. The average Bonchev–Trinajstić information content (AvgIpc) is 3.66. The molecule has 3 aromatic carbocycles. The number of hydrogen-bond acceptors (Lipinski definition) is 5. The van der Waals surface area contributed by atoms with E-state index in [0.717, 1.165) is 35.2 Å². The summed E-state index contributed by atoms with van der Waals surface area (Å²) in [5.74, 6) is -0.931. The Labute approximate surface area is 233 Å². The second kappa shape index (κ2) is 8.63. The van der Waals surface area contributed by atoms with Gasteiger partial charge in [0.05, 0.1) is 5.92 Å². The first-order chi connectivity index (χ1) is 19.3. The van der Waals surface area contributed by atoms with Gasteiger partial charge in [-0.05, 0) is 62.6 Å². The van der Waals surface area contributed by atoms with Crippen LogP contribution in [0.25, 0.3) is 0 Å². The van der Waals surface area contributed by atoms with Gasteiger partial charge in [0.1, 0.15) is 23.3 Å². The molecular weight excluding hydrogens is 502 g/mol. The fourth-order valence-corrected chi connectivity index (χ4v) is 8.11. The van der Waals surface area contributed by atoms with Crippen LogP contribution in [-0.4, -0.2) is 41.7 Å². The van der Waals surface area contributed by atoms with Crippen LogP contribution in [-0.2, 0) is 20.5 Å². The fourth-order valence-electron chi connectivity index (χ4n) is 8.11. The number of ether oxygens (including phenoxy) is 1. The van der Waals surface area contributed by atoms with Crippen LogP contribution in [0.15, 0.2) is 73.3 Å². The maximum absolute atomic E-state index is 14.8. The molecule has 7 nitrogen and oxygen atoms in total. The summed E-state index contributed by atoms with van der Waals surface area (Å²) in [5, 5.41) is 6.26. The van der Waals surface area contributed by atoms with Crippen LogP contribution in [0, 0.1) is 19.8 Å². The van der Waals surface area contributed by atoms with Crippen molar-refractivity contribution in [3.8, 4) is 5.75 Å². The number of anilines is 2. The van der Waals surface area contributed by atoms with Crippen LogP contribution in [0.5, 0.6) is 5.75 Å². The minimum atomic E-state index is -1.46. The van der Waals surface area contributed by atoms with Gasteiger partial charge in [0.2, 0.25) is 5.91 Å². The molecule has 0 aliphatic carbocycles. The molecule has 0 saturated carbocycles. The Bertz CT molecular complexity index is 1630. The predicted octanol–water partition coefficient (Wildman–Crippen LogP) is 4.88. The molecule has 2 spiro atoms. The number of benzene rings is 3. The predicted molar refractivity (Wildman–Crippen MR) is 153 cm³/mol. The Kier molecular flexibility index (Phi) is 5.35. The molecule has 2 amide bonds. The highest BCUT2D eigenvalue weighted by Gasteiger charge is 2.81. The van der Waals surface area contributed by atoms with Gasteiger partial charge in [-0.25, -0.2) is 0 Å². The molecule has 2 saturated heterocycles. The van der Waals surface area contributed by atoms with Crippen LogP contribution in [0.4, 0.5) is 11.4 Å². The van der Waals surface area contributed by atoms with E-state index in [1.165, 1.54) is 0 Å². The molecule has 0 radical (unpaired) electrons. The fraction of sp³-hybridized carbons (Fsp3) is 0.303. The molecule has 40 heavy (non-hydrogen) atoms. The summed E-state index contributed by atoms with van der Waals surface area (Å²) in [7, 11) is 0. The Morgan fingerprint density at radius 3 is 2.70 bits per heavy atom. The second-order valence-electron chi connectivity index (χ2n) is 11.3. The van der Waals surface area contributed by atoms with E-state index < -0.39 is 16.9 Å². The van der Waals surface area contributed by atoms with Gasteiger partial charge in [-0.15, -0.1) is 0 Å². The van der Waals surface area contributed by atoms with Crippen LogP contribution in [0.3, 0.4) is 0 Å². The molecule has 3 aromatic rings. The van der Waals surface area contributed by atoms with Crippen molar-refractivity contribution in [2.45, 2.75) is 43.7 Å². The summed E-state index contributed by atoms with van der Waals surface area (Å²) >= 11 is 0. The van der Waals surface area contributed by atoms with Crippen molar-refractivity contribution in [1.82, 2.24) is 4.90 Å². The molecule has 202 valence electrons. The Balaban J connectivity index is 1.54. The van der Waals surface area contributed by atoms with Crippen molar-refractivity contribution in [2.24, 2.45) is 5.92 Å². The molecule has 0 aromatic heterocycles. The van der Waals surface area contributed by atoms with Gasteiger partial charge in [-0.3, -0.25) is 19.3 Å². The van der Waals surface area contributed by atoms with Gasteiger partial charge < -0.3 is 15.4 Å². The molecule has 4 aliphatic heterocycles. The van der Waals surface area contributed by atoms with E-state index in [0.29, 0.717) is 35.7 Å². The summed E-state index contributed by atoms with van der Waals surface area (Å²) < 4.78 is 5.75. The van der Waals surface area contributed by atoms with Crippen molar-refractivity contribution in [1.29, 1.82) is 0 Å². The number of Topliss-reactive ketones (excluding diaryl/α,β-unsaturated/α-hetero) is 1. The summed E-state index contributed by atoms with van der Waals surface area (Å²) in [4.78, 5) is 46.2. The molecule has 2 N–H and O–H groups in total. The molecule has 7 rings (SSSR count). The molecule has 7 heteroatoms. The lowest BCUT2D eigenvalue weighted by molar-refractivity contribution is -0.137. The maximum Gasteiger partial charge on any atom is 0.251 e. The number of carbonyl (C=O) groups excluding carboxylic acids is 3. The highest BCUT2D eigenvalue weighted by molar-refractivity contribution is 6.21. The number of para-hydroxylation sites is 1. The number of rotatable bonds is 5. The highest BCUT2D eigenvalue weighted by Crippen LogP contribution is 2.68. The number of hydrogen-bond donors (Lipinski definition) is 2. The van der Waals surface area contributed by atoms with Crippen LogP contribution < -0.4 is 15.4 Å². The number of ketones is 1. The van der Waals surface area contributed by atoms with Crippen LogP contribution in [0.2, 0.25) is 0 Å². The zero-order chi connectivity index (χ0) is 27.8. The standard InChI is InChI=1S/C33H31N3O4/c1-4-15-40-22-10-7-9-21(18-22)29(37)27-26-13-8-14-36(26)33(24-17-19(2)16-20(3)28(24)35-31(33)39)32(27)23-11-5-6-12-25(23)34-30(32)38/h4-7,9-12,16-18,26-27H,1,8,13-15H2,2-3H3,(H,34,38)(H,35,39). The molecular formula is C33H31N3O4. The van der Waals surface area contributed by atoms with E-state index in [2.05, 4.69) is 22.1 Å². The number of amides is 2. The molecule has 4 heterocycles. The quantitative estimate of drug-likeness (QED) is 0.361. The van der Waals surface area contributed by atoms with Gasteiger partial charge in [0, 0.05) is 28.5 Å². The number of fused-ring (bicyclic) bond motifs is 7. The Hall–Kier alpha value is -4.23. The van der Waals surface area contributed by atoms with E-state index in [-0.39, 0.29) is 23.6 Å². The van der Waals surface area contributed by atoms with E-state index >= 15 is 0 Å². The number of nitrogens with one attached hydrogen (secondary N) is 2. The van der Waals surface area contributed by atoms with Crippen molar-refractivity contribution in [3.05, 3.63) is 101 Å². The first kappa shape index (κ1) is 24.8. The zero-order valence-electron chi connectivity index (χ0n) is 22.6. The Morgan fingerprint density at radius 2 is 1.88 bits per heavy atom. The third kappa shape index (κ3) is 2.90. The first-order valence-corrected chi connectivity index (χ1v) is 13.8. The first-order valence-electron chi connectivity index (χ1n) is 13.8. The van der Waals surface area contributed by atoms with Crippen LogP contribution >= 0.6 is 0 Å². The zero-order valence-corrected chi connectivity index (χ0v) is 22.6. The van der Waals surface area contributed by atoms with Crippen molar-refractivity contribution in [2.75, 3.05) is 23.8 Å². The van der Waals surface area contributed by atoms with E-state index in [1.54, 1.807) is 30.3 Å². The topological polar surface area (TPSA) is 87.7 Å². The summed E-state index contributed by atoms with van der Waals surface area (Å²) in [5.41, 5.74) is 2.47. The van der Waals surface area contributed by atoms with Gasteiger partial charge >= 0.3 is 0 Å². The van der Waals surface area contributed by atoms with Crippen LogP contribution in [0.1, 0.15) is 45.5 Å².